The second-order valence-corrected chi connectivity index (χ2v) is 27.2. The number of esters is 1. The summed E-state index contributed by atoms with van der Waals surface area (Å²) in [6, 6.07) is 32.3. The largest absolute Gasteiger partial charge is 0.507 e. The lowest BCUT2D eigenvalue weighted by molar-refractivity contribution is -0.151. The lowest BCUT2D eigenvalue weighted by Gasteiger charge is -2.25. The van der Waals surface area contributed by atoms with Gasteiger partial charge in [-0.2, -0.15) is 0 Å². The van der Waals surface area contributed by atoms with Crippen molar-refractivity contribution in [1.82, 2.24) is 10.6 Å². The predicted molar refractivity (Wildman–Crippen MR) is 364 cm³/mol. The van der Waals surface area contributed by atoms with Crippen LogP contribution < -0.4 is 19.2 Å². The Bertz CT molecular complexity index is 4430. The number of hydrogen-bond acceptors (Lipinski definition) is 17. The van der Waals surface area contributed by atoms with Gasteiger partial charge >= 0.3 is 5.97 Å². The molecule has 6 aromatic carbocycles. The van der Waals surface area contributed by atoms with Gasteiger partial charge in [-0.15, -0.1) is 0 Å². The van der Waals surface area contributed by atoms with E-state index in [1.165, 1.54) is 72.3 Å². The van der Waals surface area contributed by atoms with Crippen LogP contribution in [-0.2, 0) is 66.5 Å². The van der Waals surface area contributed by atoms with Crippen molar-refractivity contribution >= 4 is 88.5 Å². The Labute approximate surface area is 561 Å². The molecule has 0 bridgehead atoms. The van der Waals surface area contributed by atoms with Crippen LogP contribution in [0.25, 0.3) is 50.3 Å². The van der Waals surface area contributed by atoms with E-state index in [0.717, 1.165) is 60.3 Å². The number of ether oxygens (including phenoxy) is 5. The Balaban J connectivity index is 0.000000230. The molecule has 10 rings (SSSR count). The average Bonchev–Trinajstić information content (AvgIpc) is 1.61. The van der Waals surface area contributed by atoms with Crippen molar-refractivity contribution in [3.8, 4) is 22.6 Å². The quantitative estimate of drug-likeness (QED) is 0.00861. The molecule has 97 heavy (non-hydrogen) atoms. The first kappa shape index (κ1) is 72.2. The second kappa shape index (κ2) is 32.8. The molecule has 2 amide bonds. The number of nitrogens with one attached hydrogen (secondary N) is 2. The van der Waals surface area contributed by atoms with Crippen LogP contribution >= 0.6 is 0 Å². The number of fused-ring (bicyclic) bond motifs is 2. The summed E-state index contributed by atoms with van der Waals surface area (Å²) in [7, 11) is -4.36. The summed E-state index contributed by atoms with van der Waals surface area (Å²) in [4.78, 5) is 61.1. The molecule has 0 radical (unpaired) electrons. The first-order valence-electron chi connectivity index (χ1n) is 31.7. The lowest BCUT2D eigenvalue weighted by atomic mass is 10.0. The number of anilines is 2. The molecule has 2 heterocycles. The van der Waals surface area contributed by atoms with Crippen LogP contribution in [0.2, 0.25) is 0 Å². The summed E-state index contributed by atoms with van der Waals surface area (Å²) in [6.07, 6.45) is 7.55. The van der Waals surface area contributed by atoms with Crippen LogP contribution in [0.1, 0.15) is 123 Å². The third-order valence-electron chi connectivity index (χ3n) is 16.0. The Kier molecular flexibility index (Phi) is 24.4. The summed E-state index contributed by atoms with van der Waals surface area (Å²) in [5.41, 5.74) is 7.60. The van der Waals surface area contributed by atoms with Gasteiger partial charge in [-0.1, -0.05) is 36.4 Å². The van der Waals surface area contributed by atoms with Crippen molar-refractivity contribution in [2.24, 2.45) is 0 Å². The molecule has 3 N–H and O–H groups in total. The highest BCUT2D eigenvalue weighted by Gasteiger charge is 2.35. The fraction of sp³-hybridized carbons (Fsp3) is 0.347. The van der Waals surface area contributed by atoms with Gasteiger partial charge in [0, 0.05) is 91.6 Å². The summed E-state index contributed by atoms with van der Waals surface area (Å²) in [5.74, 6) is -3.10. The van der Waals surface area contributed by atoms with E-state index in [1.807, 2.05) is 30.3 Å². The Morgan fingerprint density at radius 2 is 0.990 bits per heavy atom. The molecular weight excluding hydrogens is 1290 g/mol. The van der Waals surface area contributed by atoms with Gasteiger partial charge in [-0.25, -0.2) is 30.4 Å². The number of sulfonamides is 2. The molecule has 2 aliphatic carbocycles. The minimum atomic E-state index is -3.72. The van der Waals surface area contributed by atoms with Gasteiger partial charge in [-0.05, 0) is 159 Å². The standard InChI is InChI=1S/C38H41FN2O10S.C34H37FN2O7S/c1-4-50-38(45)33(43)22-32(42)27-8-5-7-24(19-27)23-49-18-17-48-16-6-15-41(52(3,46)47)31-21-34-30(20-29(31)25-9-10-25)35(37(44)40-2)36(51-34)26-11-13-28(39)14-12-26;1-22(38)26-7-4-6-23(18-26)21-43-17-16-42-15-5-14-37(45(3,40)41)30-20-31-29(19-28(30)24-8-9-24)32(34(39)36-2)33(44-31)25-10-12-27(35)13-11-25/h5,7-8,11-14,19-22,25,42H,4,6,9-10,15-18,23H2,1-3H3,(H,40,44);4,6-7,10-13,18-20,24H,5,8-9,14-17,21H2,1-3H3,(H,36,39). The number of ketones is 2. The van der Waals surface area contributed by atoms with Crippen LogP contribution in [0.15, 0.2) is 136 Å². The Morgan fingerprint density at radius 1 is 0.577 bits per heavy atom. The molecule has 2 saturated carbocycles. The SMILES string of the molecule is CCOC(=O)C(=O)C=C(O)c1cccc(COCCOCCCN(c2cc3oc(-c4ccc(F)cc4)c(C(=O)NC)c3cc2C2CC2)S(C)(=O)=O)c1.CNC(=O)c1c(-c2ccc(F)cc2)oc2cc(N(CCCOCCOCc3cccc(C(C)=O)c3)S(C)(=O)=O)c(C3CC3)cc12. The zero-order chi connectivity index (χ0) is 69.6. The van der Waals surface area contributed by atoms with Crippen LogP contribution in [0.4, 0.5) is 20.2 Å². The highest BCUT2D eigenvalue weighted by atomic mass is 32.2. The third-order valence-corrected chi connectivity index (χ3v) is 18.4. The molecule has 0 aliphatic heterocycles. The van der Waals surface area contributed by atoms with Crippen molar-refractivity contribution in [2.75, 3.05) is 94.6 Å². The summed E-state index contributed by atoms with van der Waals surface area (Å²) in [6.45, 7) is 5.80. The van der Waals surface area contributed by atoms with Crippen LogP contribution in [-0.4, -0.2) is 137 Å². The van der Waals surface area contributed by atoms with Gasteiger partial charge in [0.1, 0.15) is 40.1 Å². The molecule has 2 fully saturated rings. The summed E-state index contributed by atoms with van der Waals surface area (Å²) < 4.78 is 122. The number of amides is 2. The number of benzene rings is 6. The summed E-state index contributed by atoms with van der Waals surface area (Å²) in [5, 5.41) is 16.7. The van der Waals surface area contributed by atoms with Gasteiger partial charge in [0.05, 0.1) is 81.3 Å². The van der Waals surface area contributed by atoms with Gasteiger partial charge in [0.2, 0.25) is 20.0 Å². The van der Waals surface area contributed by atoms with Crippen molar-refractivity contribution in [3.05, 3.63) is 184 Å². The molecular formula is C72H78F2N4O17S2. The van der Waals surface area contributed by atoms with Crippen molar-refractivity contribution in [1.29, 1.82) is 0 Å². The first-order valence-corrected chi connectivity index (χ1v) is 35.4. The Hall–Kier alpha value is -9.11. The van der Waals surface area contributed by atoms with E-state index >= 15 is 0 Å². The van der Waals surface area contributed by atoms with E-state index in [0.29, 0.717) is 106 Å². The molecule has 8 aromatic rings. The van der Waals surface area contributed by atoms with E-state index in [9.17, 15) is 54.7 Å². The molecule has 25 heteroatoms. The van der Waals surface area contributed by atoms with Gasteiger partial charge in [-0.3, -0.25) is 27.8 Å². The highest BCUT2D eigenvalue weighted by Crippen LogP contribution is 2.50. The molecule has 2 aromatic heterocycles. The molecule has 21 nitrogen and oxygen atoms in total. The molecule has 0 unspecified atom stereocenters. The monoisotopic (exact) mass is 1370 g/mol. The van der Waals surface area contributed by atoms with Crippen molar-refractivity contribution in [3.63, 3.8) is 0 Å². The molecule has 0 spiro atoms. The molecule has 2 aliphatic rings. The van der Waals surface area contributed by atoms with E-state index in [1.54, 1.807) is 61.5 Å². The number of hydrogen-bond donors (Lipinski definition) is 3. The molecule has 0 atom stereocenters. The van der Waals surface area contributed by atoms with Crippen molar-refractivity contribution in [2.45, 2.75) is 77.4 Å². The van der Waals surface area contributed by atoms with E-state index < -0.39 is 43.4 Å². The third kappa shape index (κ3) is 18.9. The van der Waals surface area contributed by atoms with Gasteiger partial charge < -0.3 is 48.3 Å². The minimum Gasteiger partial charge on any atom is -0.507 e. The predicted octanol–water partition coefficient (Wildman–Crippen LogP) is 12.0. The van der Waals surface area contributed by atoms with E-state index in [-0.39, 0.29) is 92.8 Å². The number of rotatable bonds is 33. The number of carbonyl (C=O) groups is 5. The van der Waals surface area contributed by atoms with Gasteiger partial charge in [0.25, 0.3) is 17.6 Å². The van der Waals surface area contributed by atoms with Crippen LogP contribution in [0.3, 0.4) is 0 Å². The smallest absolute Gasteiger partial charge is 0.379 e. The maximum Gasteiger partial charge on any atom is 0.379 e. The number of halogens is 2. The number of aliphatic hydroxyl groups is 1. The number of furan rings is 2. The van der Waals surface area contributed by atoms with Crippen molar-refractivity contribution < 1.29 is 87.2 Å². The second-order valence-electron chi connectivity index (χ2n) is 23.4. The average molecular weight is 1370 g/mol. The number of nitrogens with zero attached hydrogens (tertiary/aromatic N) is 2. The zero-order valence-corrected chi connectivity index (χ0v) is 56.4. The lowest BCUT2D eigenvalue weighted by Crippen LogP contribution is -2.32. The maximum absolute atomic E-state index is 13.7. The zero-order valence-electron chi connectivity index (χ0n) is 54.7. The van der Waals surface area contributed by atoms with Gasteiger partial charge in [0.15, 0.2) is 5.78 Å². The molecule has 0 saturated heterocycles. The fourth-order valence-corrected chi connectivity index (χ4v) is 13.0. The number of Topliss-reactive ketones (excluding diaryl/α,β-unsaturated/α-hetero) is 1. The van der Waals surface area contributed by atoms with E-state index in [4.69, 9.17) is 27.8 Å². The minimum absolute atomic E-state index is 0.0000435. The topological polar surface area (TPSA) is 277 Å². The molecule has 514 valence electrons. The number of aliphatic hydroxyl groups excluding tert-OH is 1. The number of carbonyl (C=O) groups excluding carboxylic acids is 5. The van der Waals surface area contributed by atoms with Crippen LogP contribution in [0, 0.1) is 11.6 Å². The normalized spacial score (nSPS) is 13.3. The fourth-order valence-electron chi connectivity index (χ4n) is 11.0. The summed E-state index contributed by atoms with van der Waals surface area (Å²) >= 11 is 0. The first-order chi connectivity index (χ1) is 46.5. The van der Waals surface area contributed by atoms with Crippen LogP contribution in [0.5, 0.6) is 0 Å². The maximum atomic E-state index is 13.7. The highest BCUT2D eigenvalue weighted by molar-refractivity contribution is 7.92. The Morgan fingerprint density at radius 3 is 1.38 bits per heavy atom. The van der Waals surface area contributed by atoms with E-state index in [2.05, 4.69) is 15.4 Å².